The van der Waals surface area contributed by atoms with Gasteiger partial charge in [-0.05, 0) is 50.1 Å². The minimum Gasteiger partial charge on any atom is -0.481 e. The first kappa shape index (κ1) is 17.7. The molecule has 3 N–H and O–H groups in total. The van der Waals surface area contributed by atoms with Crippen LogP contribution in [0, 0.1) is 12.8 Å². The molecule has 1 aromatic heterocycles. The number of carbonyl (C=O) groups excluding carboxylic acids is 2. The van der Waals surface area contributed by atoms with E-state index in [2.05, 4.69) is 15.5 Å². The van der Waals surface area contributed by atoms with Crippen molar-refractivity contribution in [3.05, 3.63) is 47.3 Å². The minimum atomic E-state index is -0.802. The summed E-state index contributed by atoms with van der Waals surface area (Å²) in [5, 5.41) is 18.4. The number of aliphatic carboxylic acids is 1. The highest BCUT2D eigenvalue weighted by Gasteiger charge is 2.27. The molecule has 0 spiro atoms. The summed E-state index contributed by atoms with van der Waals surface area (Å²) < 4.78 is 0. The first-order valence-corrected chi connectivity index (χ1v) is 8.39. The van der Waals surface area contributed by atoms with E-state index in [0.29, 0.717) is 42.9 Å². The third-order valence-electron chi connectivity index (χ3n) is 4.46. The van der Waals surface area contributed by atoms with Crippen molar-refractivity contribution in [2.45, 2.75) is 19.8 Å². The number of amides is 2. The van der Waals surface area contributed by atoms with E-state index in [-0.39, 0.29) is 17.7 Å². The lowest BCUT2D eigenvalue weighted by molar-refractivity contribution is -0.143. The fraction of sp³-hybridized carbons (Fsp3) is 0.333. The summed E-state index contributed by atoms with van der Waals surface area (Å²) in [7, 11) is 0. The number of benzene rings is 1. The van der Waals surface area contributed by atoms with Crippen molar-refractivity contribution >= 4 is 23.5 Å². The summed E-state index contributed by atoms with van der Waals surface area (Å²) in [6, 6.07) is 8.27. The van der Waals surface area contributed by atoms with Gasteiger partial charge in [-0.3, -0.25) is 19.5 Å². The third kappa shape index (κ3) is 3.90. The number of aromatic nitrogens is 2. The molecule has 1 aromatic carbocycles. The van der Waals surface area contributed by atoms with E-state index in [1.807, 2.05) is 6.92 Å². The first-order valence-electron chi connectivity index (χ1n) is 8.39. The van der Waals surface area contributed by atoms with Gasteiger partial charge in [0.1, 0.15) is 0 Å². The molecular weight excluding hydrogens is 336 g/mol. The van der Waals surface area contributed by atoms with Crippen LogP contribution in [-0.2, 0) is 4.79 Å². The predicted octanol–water partition coefficient (Wildman–Crippen LogP) is 1.91. The van der Waals surface area contributed by atoms with Crippen molar-refractivity contribution < 1.29 is 19.5 Å². The summed E-state index contributed by atoms with van der Waals surface area (Å²) in [5.74, 6) is -1.63. The number of anilines is 1. The second-order valence-electron chi connectivity index (χ2n) is 6.37. The summed E-state index contributed by atoms with van der Waals surface area (Å²) in [6.45, 7) is 2.68. The number of carboxylic acid groups (broad SMARTS) is 1. The summed E-state index contributed by atoms with van der Waals surface area (Å²) >= 11 is 0. The number of carboxylic acids is 1. The van der Waals surface area contributed by atoms with Gasteiger partial charge in [-0.1, -0.05) is 0 Å². The number of nitrogens with zero attached hydrogens (tertiary/aromatic N) is 2. The Labute approximate surface area is 150 Å². The second kappa shape index (κ2) is 7.38. The zero-order valence-corrected chi connectivity index (χ0v) is 14.4. The number of piperidine rings is 1. The van der Waals surface area contributed by atoms with Crippen LogP contribution < -0.4 is 5.32 Å². The molecule has 0 saturated carbocycles. The van der Waals surface area contributed by atoms with Gasteiger partial charge in [-0.25, -0.2) is 0 Å². The number of hydrogen-bond acceptors (Lipinski definition) is 4. The Bertz CT molecular complexity index is 820. The lowest BCUT2D eigenvalue weighted by atomic mass is 9.96. The van der Waals surface area contributed by atoms with Crippen LogP contribution in [0.5, 0.6) is 0 Å². The van der Waals surface area contributed by atoms with Crippen LogP contribution >= 0.6 is 0 Å². The number of nitrogens with one attached hydrogen (secondary N) is 2. The average Bonchev–Trinajstić information content (AvgIpc) is 3.08. The molecule has 8 nitrogen and oxygen atoms in total. The van der Waals surface area contributed by atoms with Crippen molar-refractivity contribution in [3.63, 3.8) is 0 Å². The molecule has 26 heavy (non-hydrogen) atoms. The van der Waals surface area contributed by atoms with Crippen LogP contribution in [0.2, 0.25) is 0 Å². The topological polar surface area (TPSA) is 115 Å². The predicted molar refractivity (Wildman–Crippen MR) is 94.0 cm³/mol. The molecule has 2 amide bonds. The van der Waals surface area contributed by atoms with Gasteiger partial charge in [0.15, 0.2) is 5.69 Å². The molecule has 2 heterocycles. The van der Waals surface area contributed by atoms with E-state index in [0.717, 1.165) is 5.69 Å². The maximum Gasteiger partial charge on any atom is 0.306 e. The quantitative estimate of drug-likeness (QED) is 0.774. The fourth-order valence-electron chi connectivity index (χ4n) is 2.94. The molecule has 1 aliphatic rings. The lowest BCUT2D eigenvalue weighted by Gasteiger charge is -2.30. The molecule has 136 valence electrons. The number of hydrogen-bond donors (Lipinski definition) is 3. The van der Waals surface area contributed by atoms with Crippen LogP contribution in [0.15, 0.2) is 30.3 Å². The molecule has 1 aliphatic heterocycles. The number of aromatic amines is 1. The monoisotopic (exact) mass is 356 g/mol. The first-order chi connectivity index (χ1) is 12.4. The summed E-state index contributed by atoms with van der Waals surface area (Å²) in [4.78, 5) is 37.2. The van der Waals surface area contributed by atoms with Crippen molar-refractivity contribution in [2.75, 3.05) is 18.4 Å². The molecule has 0 bridgehead atoms. The number of aryl methyl sites for hydroxylation is 1. The van der Waals surface area contributed by atoms with Gasteiger partial charge in [0.2, 0.25) is 0 Å². The zero-order chi connectivity index (χ0) is 18.7. The van der Waals surface area contributed by atoms with E-state index in [9.17, 15) is 14.4 Å². The standard InChI is InChI=1S/C18H20N4O4/c1-11-10-15(21-20-11)16(23)19-14-4-2-12(3-5-14)17(24)22-8-6-13(7-9-22)18(25)26/h2-5,10,13H,6-9H2,1H3,(H,19,23)(H,20,21)(H,25,26). The average molecular weight is 356 g/mol. The smallest absolute Gasteiger partial charge is 0.306 e. The van der Waals surface area contributed by atoms with Crippen LogP contribution in [0.1, 0.15) is 39.4 Å². The highest BCUT2D eigenvalue weighted by atomic mass is 16.4. The number of likely N-dealkylation sites (tertiary alicyclic amines) is 1. The largest absolute Gasteiger partial charge is 0.481 e. The SMILES string of the molecule is Cc1cc(C(=O)Nc2ccc(C(=O)N3CCC(C(=O)O)CC3)cc2)n[nH]1. The molecule has 2 aromatic rings. The molecule has 0 radical (unpaired) electrons. The molecule has 3 rings (SSSR count). The number of carbonyl (C=O) groups is 3. The van der Waals surface area contributed by atoms with Crippen molar-refractivity contribution in [1.82, 2.24) is 15.1 Å². The highest BCUT2D eigenvalue weighted by Crippen LogP contribution is 2.20. The van der Waals surface area contributed by atoms with E-state index in [4.69, 9.17) is 5.11 Å². The second-order valence-corrected chi connectivity index (χ2v) is 6.37. The van der Waals surface area contributed by atoms with Crippen molar-refractivity contribution in [3.8, 4) is 0 Å². The molecule has 8 heteroatoms. The minimum absolute atomic E-state index is 0.130. The maximum atomic E-state index is 12.5. The molecular formula is C18H20N4O4. The fourth-order valence-corrected chi connectivity index (χ4v) is 2.94. The summed E-state index contributed by atoms with van der Waals surface area (Å²) in [5.41, 5.74) is 2.16. The normalized spacial score (nSPS) is 14.9. The van der Waals surface area contributed by atoms with Crippen LogP contribution in [0.25, 0.3) is 0 Å². The van der Waals surface area contributed by atoms with Crippen LogP contribution in [0.3, 0.4) is 0 Å². The molecule has 1 saturated heterocycles. The van der Waals surface area contributed by atoms with Gasteiger partial charge in [0.05, 0.1) is 5.92 Å². The van der Waals surface area contributed by atoms with E-state index in [1.54, 1.807) is 35.2 Å². The van der Waals surface area contributed by atoms with Gasteiger partial charge in [0, 0.05) is 30.0 Å². The highest BCUT2D eigenvalue weighted by molar-refractivity contribution is 6.03. The van der Waals surface area contributed by atoms with E-state index >= 15 is 0 Å². The Balaban J connectivity index is 1.59. The van der Waals surface area contributed by atoms with E-state index in [1.165, 1.54) is 0 Å². The molecule has 0 unspecified atom stereocenters. The Hall–Kier alpha value is -3.16. The lowest BCUT2D eigenvalue weighted by Crippen LogP contribution is -2.40. The van der Waals surface area contributed by atoms with Gasteiger partial charge >= 0.3 is 5.97 Å². The molecule has 1 fully saturated rings. The molecule has 0 atom stereocenters. The van der Waals surface area contributed by atoms with Gasteiger partial charge in [0.25, 0.3) is 11.8 Å². The molecule has 0 aliphatic carbocycles. The summed E-state index contributed by atoms with van der Waals surface area (Å²) in [6.07, 6.45) is 0.941. The van der Waals surface area contributed by atoms with Crippen LogP contribution in [0.4, 0.5) is 5.69 Å². The third-order valence-corrected chi connectivity index (χ3v) is 4.46. The van der Waals surface area contributed by atoms with Gasteiger partial charge in [-0.2, -0.15) is 5.10 Å². The number of H-pyrrole nitrogens is 1. The van der Waals surface area contributed by atoms with Crippen LogP contribution in [-0.4, -0.2) is 51.1 Å². The Morgan fingerprint density at radius 1 is 1.19 bits per heavy atom. The number of rotatable bonds is 4. The zero-order valence-electron chi connectivity index (χ0n) is 14.4. The van der Waals surface area contributed by atoms with E-state index < -0.39 is 5.97 Å². The van der Waals surface area contributed by atoms with Crippen molar-refractivity contribution in [1.29, 1.82) is 0 Å². The van der Waals surface area contributed by atoms with Gasteiger partial charge < -0.3 is 15.3 Å². The maximum absolute atomic E-state index is 12.5. The Kier molecular flexibility index (Phi) is 5.01. The Morgan fingerprint density at radius 3 is 2.38 bits per heavy atom. The Morgan fingerprint density at radius 2 is 1.85 bits per heavy atom. The van der Waals surface area contributed by atoms with Crippen molar-refractivity contribution in [2.24, 2.45) is 5.92 Å². The van der Waals surface area contributed by atoms with Gasteiger partial charge in [-0.15, -0.1) is 0 Å².